The summed E-state index contributed by atoms with van der Waals surface area (Å²) in [5.41, 5.74) is 2.83. The summed E-state index contributed by atoms with van der Waals surface area (Å²) >= 11 is 0. The van der Waals surface area contributed by atoms with E-state index in [9.17, 15) is 5.11 Å². The minimum absolute atomic E-state index is 0.116. The largest absolute Gasteiger partial charge is 0.507 e. The lowest BCUT2D eigenvalue weighted by Gasteiger charge is -2.04. The standard InChI is InChI=1S/C20H19N7O/c28-19-12-16(27-22-9-10-23-27)5-6-17(19)18-13-26-11-7-15(24-20(26)25-18)4-3-14-2-1-8-21-14/h3-7,9-14,21,28H,1-2,8H2/b4-3+. The van der Waals surface area contributed by atoms with Gasteiger partial charge in [-0.2, -0.15) is 15.0 Å². The minimum Gasteiger partial charge on any atom is -0.507 e. The average molecular weight is 373 g/mol. The molecule has 1 aromatic carbocycles. The van der Waals surface area contributed by atoms with Crippen molar-refractivity contribution in [2.75, 3.05) is 6.54 Å². The molecule has 0 aliphatic carbocycles. The highest BCUT2D eigenvalue weighted by molar-refractivity contribution is 5.70. The molecule has 1 fully saturated rings. The monoisotopic (exact) mass is 373 g/mol. The summed E-state index contributed by atoms with van der Waals surface area (Å²) < 4.78 is 1.85. The fraction of sp³-hybridized carbons (Fsp3) is 0.200. The smallest absolute Gasteiger partial charge is 0.234 e. The van der Waals surface area contributed by atoms with Gasteiger partial charge in [0.15, 0.2) is 0 Å². The van der Waals surface area contributed by atoms with Crippen molar-refractivity contribution in [1.82, 2.24) is 34.7 Å². The van der Waals surface area contributed by atoms with Crippen LogP contribution >= 0.6 is 0 Å². The van der Waals surface area contributed by atoms with Crippen molar-refractivity contribution in [2.45, 2.75) is 18.9 Å². The molecule has 1 atom stereocenters. The molecule has 28 heavy (non-hydrogen) atoms. The van der Waals surface area contributed by atoms with Crippen LogP contribution in [-0.4, -0.2) is 47.1 Å². The number of phenols is 1. The molecule has 1 unspecified atom stereocenters. The van der Waals surface area contributed by atoms with Crippen LogP contribution in [0.15, 0.2) is 55.1 Å². The van der Waals surface area contributed by atoms with Crippen LogP contribution in [0.2, 0.25) is 0 Å². The Labute approximate surface area is 161 Å². The summed E-state index contributed by atoms with van der Waals surface area (Å²) in [4.78, 5) is 10.6. The number of aromatic nitrogens is 6. The Kier molecular flexibility index (Phi) is 4.10. The van der Waals surface area contributed by atoms with E-state index in [1.165, 1.54) is 11.2 Å². The zero-order valence-corrected chi connectivity index (χ0v) is 15.1. The van der Waals surface area contributed by atoms with E-state index in [0.29, 0.717) is 28.8 Å². The fourth-order valence-corrected chi connectivity index (χ4v) is 3.41. The van der Waals surface area contributed by atoms with E-state index in [0.717, 1.165) is 18.7 Å². The molecule has 4 aromatic rings. The third-order valence-corrected chi connectivity index (χ3v) is 4.85. The number of phenolic OH excluding ortho intramolecular Hbond substituents is 1. The first-order valence-corrected chi connectivity index (χ1v) is 9.24. The summed E-state index contributed by atoms with van der Waals surface area (Å²) in [5, 5.41) is 22.1. The number of nitrogens with zero attached hydrogens (tertiary/aromatic N) is 6. The molecule has 4 heterocycles. The lowest BCUT2D eigenvalue weighted by atomic mass is 10.1. The van der Waals surface area contributed by atoms with Crippen molar-refractivity contribution in [1.29, 1.82) is 0 Å². The highest BCUT2D eigenvalue weighted by Crippen LogP contribution is 2.30. The van der Waals surface area contributed by atoms with E-state index >= 15 is 0 Å². The number of benzene rings is 1. The maximum atomic E-state index is 10.5. The van der Waals surface area contributed by atoms with Crippen molar-refractivity contribution in [3.8, 4) is 22.7 Å². The van der Waals surface area contributed by atoms with Crippen LogP contribution in [0, 0.1) is 0 Å². The molecule has 8 heteroatoms. The average Bonchev–Trinajstić information content (AvgIpc) is 3.47. The number of rotatable bonds is 4. The first-order valence-electron chi connectivity index (χ1n) is 9.24. The van der Waals surface area contributed by atoms with Gasteiger partial charge in [0.25, 0.3) is 0 Å². The number of hydrogen-bond donors (Lipinski definition) is 2. The molecular weight excluding hydrogens is 354 g/mol. The van der Waals surface area contributed by atoms with Crippen LogP contribution in [-0.2, 0) is 0 Å². The third-order valence-electron chi connectivity index (χ3n) is 4.85. The molecule has 140 valence electrons. The normalized spacial score (nSPS) is 17.1. The molecule has 1 saturated heterocycles. The molecule has 2 N–H and O–H groups in total. The molecule has 0 radical (unpaired) electrons. The molecule has 8 nitrogen and oxygen atoms in total. The summed E-state index contributed by atoms with van der Waals surface area (Å²) in [6.45, 7) is 1.07. The lowest BCUT2D eigenvalue weighted by molar-refractivity contribution is 0.476. The Balaban J connectivity index is 1.44. The van der Waals surface area contributed by atoms with Gasteiger partial charge < -0.3 is 10.4 Å². The highest BCUT2D eigenvalue weighted by atomic mass is 16.3. The zero-order valence-electron chi connectivity index (χ0n) is 15.1. The molecule has 1 aliphatic rings. The van der Waals surface area contributed by atoms with Crippen molar-refractivity contribution >= 4 is 11.9 Å². The van der Waals surface area contributed by atoms with Gasteiger partial charge in [-0.3, -0.25) is 4.40 Å². The maximum absolute atomic E-state index is 10.5. The number of hydrogen-bond acceptors (Lipinski definition) is 6. The zero-order chi connectivity index (χ0) is 18.9. The van der Waals surface area contributed by atoms with E-state index in [2.05, 4.69) is 31.6 Å². The molecule has 0 bridgehead atoms. The Morgan fingerprint density at radius 1 is 1.14 bits per heavy atom. The summed E-state index contributed by atoms with van der Waals surface area (Å²) in [7, 11) is 0. The SMILES string of the molecule is Oc1cc(-n2nccn2)ccc1-c1cn2ccc(/C=C/C3CCCN3)nc2n1. The lowest BCUT2D eigenvalue weighted by Crippen LogP contribution is -2.17. The predicted octanol–water partition coefficient (Wildman–Crippen LogP) is 2.45. The van der Waals surface area contributed by atoms with Crippen LogP contribution < -0.4 is 5.32 Å². The Morgan fingerprint density at radius 3 is 2.82 bits per heavy atom. The van der Waals surface area contributed by atoms with Gasteiger partial charge in [-0.15, -0.1) is 0 Å². The number of nitrogens with one attached hydrogen (secondary N) is 1. The second kappa shape index (κ2) is 6.90. The van der Waals surface area contributed by atoms with E-state index < -0.39 is 0 Å². The van der Waals surface area contributed by atoms with Crippen molar-refractivity contribution in [3.63, 3.8) is 0 Å². The molecule has 0 amide bonds. The van der Waals surface area contributed by atoms with Gasteiger partial charge >= 0.3 is 0 Å². The maximum Gasteiger partial charge on any atom is 0.234 e. The molecule has 0 spiro atoms. The van der Waals surface area contributed by atoms with Gasteiger partial charge in [0.2, 0.25) is 5.78 Å². The first-order chi connectivity index (χ1) is 13.8. The summed E-state index contributed by atoms with van der Waals surface area (Å²) in [6, 6.07) is 7.65. The van der Waals surface area contributed by atoms with Gasteiger partial charge in [0.1, 0.15) is 5.75 Å². The third kappa shape index (κ3) is 3.14. The van der Waals surface area contributed by atoms with Gasteiger partial charge in [-0.25, -0.2) is 9.97 Å². The van der Waals surface area contributed by atoms with Gasteiger partial charge in [-0.05, 0) is 43.7 Å². The van der Waals surface area contributed by atoms with Crippen molar-refractivity contribution < 1.29 is 5.11 Å². The van der Waals surface area contributed by atoms with Crippen LogP contribution in [0.25, 0.3) is 28.8 Å². The van der Waals surface area contributed by atoms with Crippen LogP contribution in [0.3, 0.4) is 0 Å². The number of aromatic hydroxyl groups is 1. The minimum atomic E-state index is 0.116. The molecular formula is C20H19N7O. The Morgan fingerprint density at radius 2 is 2.04 bits per heavy atom. The first kappa shape index (κ1) is 16.6. The van der Waals surface area contributed by atoms with E-state index in [-0.39, 0.29) is 5.75 Å². The number of imidazole rings is 1. The molecule has 0 saturated carbocycles. The highest BCUT2D eigenvalue weighted by Gasteiger charge is 2.12. The van der Waals surface area contributed by atoms with Crippen LogP contribution in [0.4, 0.5) is 0 Å². The van der Waals surface area contributed by atoms with Crippen LogP contribution in [0.5, 0.6) is 5.75 Å². The molecule has 3 aromatic heterocycles. The molecule has 5 rings (SSSR count). The predicted molar refractivity (Wildman–Crippen MR) is 105 cm³/mol. The van der Waals surface area contributed by atoms with Crippen LogP contribution in [0.1, 0.15) is 18.5 Å². The fourth-order valence-electron chi connectivity index (χ4n) is 3.41. The van der Waals surface area contributed by atoms with Crippen molar-refractivity contribution in [2.24, 2.45) is 0 Å². The van der Waals surface area contributed by atoms with Gasteiger partial charge in [0.05, 0.1) is 29.5 Å². The van der Waals surface area contributed by atoms with E-state index in [4.69, 9.17) is 0 Å². The summed E-state index contributed by atoms with van der Waals surface area (Å²) in [6.07, 6.45) is 13.5. The number of fused-ring (bicyclic) bond motifs is 1. The Hall–Kier alpha value is -3.52. The quantitative estimate of drug-likeness (QED) is 0.571. The second-order valence-electron chi connectivity index (χ2n) is 6.77. The van der Waals surface area contributed by atoms with E-state index in [1.54, 1.807) is 18.5 Å². The second-order valence-corrected chi connectivity index (χ2v) is 6.77. The van der Waals surface area contributed by atoms with Gasteiger partial charge in [-0.1, -0.05) is 6.08 Å². The van der Waals surface area contributed by atoms with Crippen molar-refractivity contribution in [3.05, 3.63) is 60.8 Å². The topological polar surface area (TPSA) is 93.2 Å². The van der Waals surface area contributed by atoms with E-state index in [1.807, 2.05) is 41.1 Å². The summed E-state index contributed by atoms with van der Waals surface area (Å²) in [5.74, 6) is 0.708. The van der Waals surface area contributed by atoms with Gasteiger partial charge in [0, 0.05) is 30.1 Å². The molecule has 1 aliphatic heterocycles. The Bertz CT molecular complexity index is 1140.